The van der Waals surface area contributed by atoms with Crippen molar-refractivity contribution in [1.29, 1.82) is 0 Å². The van der Waals surface area contributed by atoms with E-state index >= 15 is 0 Å². The molecule has 0 heterocycles. The van der Waals surface area contributed by atoms with Gasteiger partial charge in [0.25, 0.3) is 0 Å². The lowest BCUT2D eigenvalue weighted by atomic mass is 10.2. The van der Waals surface area contributed by atoms with Gasteiger partial charge in [-0.2, -0.15) is 4.31 Å². The van der Waals surface area contributed by atoms with Crippen LogP contribution in [0.25, 0.3) is 0 Å². The Balaban J connectivity index is 1.99. The molecule has 0 unspecified atom stereocenters. The Hall–Kier alpha value is -2.71. The van der Waals surface area contributed by atoms with Crippen molar-refractivity contribution in [3.8, 4) is 0 Å². The number of sulfonamides is 1. The molecular formula is C18H20N2O5S. The van der Waals surface area contributed by atoms with Crippen molar-refractivity contribution in [2.45, 2.75) is 11.8 Å². The summed E-state index contributed by atoms with van der Waals surface area (Å²) in [5.41, 5.74) is 0.821. The highest BCUT2D eigenvalue weighted by molar-refractivity contribution is 7.89. The minimum absolute atomic E-state index is 0.120. The fraction of sp³-hybridized carbons (Fsp3) is 0.222. The minimum atomic E-state index is -3.74. The van der Waals surface area contributed by atoms with Crippen LogP contribution < -0.4 is 5.32 Å². The van der Waals surface area contributed by atoms with E-state index in [2.05, 4.69) is 5.32 Å². The van der Waals surface area contributed by atoms with Gasteiger partial charge in [0.2, 0.25) is 15.9 Å². The van der Waals surface area contributed by atoms with Crippen molar-refractivity contribution >= 4 is 27.6 Å². The summed E-state index contributed by atoms with van der Waals surface area (Å²) in [4.78, 5) is 23.8. The zero-order chi connectivity index (χ0) is 19.2. The number of carbonyl (C=O) groups excluding carboxylic acids is 2. The van der Waals surface area contributed by atoms with Crippen LogP contribution in [-0.4, -0.2) is 44.8 Å². The normalized spacial score (nSPS) is 11.2. The lowest BCUT2D eigenvalue weighted by Crippen LogP contribution is -2.34. The second kappa shape index (κ2) is 8.59. The van der Waals surface area contributed by atoms with Gasteiger partial charge >= 0.3 is 5.97 Å². The molecule has 8 heteroatoms. The van der Waals surface area contributed by atoms with Gasteiger partial charge in [0.1, 0.15) is 0 Å². The average molecular weight is 376 g/mol. The Kier molecular flexibility index (Phi) is 6.48. The number of likely N-dealkylation sites (N-methyl/N-ethyl adjacent to an activating group) is 1. The maximum atomic E-state index is 12.4. The topological polar surface area (TPSA) is 92.8 Å². The molecule has 0 saturated heterocycles. The third-order valence-electron chi connectivity index (χ3n) is 3.50. The molecule has 2 aromatic rings. The molecule has 0 fully saturated rings. The van der Waals surface area contributed by atoms with E-state index in [4.69, 9.17) is 4.74 Å². The smallest absolute Gasteiger partial charge is 0.338 e. The van der Waals surface area contributed by atoms with Gasteiger partial charge in [0.15, 0.2) is 0 Å². The molecule has 1 amide bonds. The van der Waals surface area contributed by atoms with E-state index in [0.29, 0.717) is 11.3 Å². The van der Waals surface area contributed by atoms with E-state index in [9.17, 15) is 18.0 Å². The van der Waals surface area contributed by atoms with Crippen molar-refractivity contribution in [3.63, 3.8) is 0 Å². The third-order valence-corrected chi connectivity index (χ3v) is 5.32. The van der Waals surface area contributed by atoms with E-state index in [0.717, 1.165) is 4.31 Å². The number of ether oxygens (including phenoxy) is 1. The summed E-state index contributed by atoms with van der Waals surface area (Å²) in [6.07, 6.45) is 0. The second-order valence-electron chi connectivity index (χ2n) is 5.42. The lowest BCUT2D eigenvalue weighted by molar-refractivity contribution is -0.116. The van der Waals surface area contributed by atoms with Crippen LogP contribution in [0.5, 0.6) is 0 Å². The van der Waals surface area contributed by atoms with Gasteiger partial charge in [-0.1, -0.05) is 18.2 Å². The number of nitrogens with zero attached hydrogens (tertiary/aromatic N) is 1. The summed E-state index contributed by atoms with van der Waals surface area (Å²) in [6.45, 7) is 1.66. The molecule has 0 spiro atoms. The average Bonchev–Trinajstić information content (AvgIpc) is 2.63. The monoisotopic (exact) mass is 376 g/mol. The summed E-state index contributed by atoms with van der Waals surface area (Å²) in [6, 6.07) is 14.0. The molecule has 138 valence electrons. The molecule has 0 radical (unpaired) electrons. The van der Waals surface area contributed by atoms with E-state index in [1.165, 1.54) is 31.3 Å². The van der Waals surface area contributed by atoms with Gasteiger partial charge in [-0.3, -0.25) is 4.79 Å². The first-order valence-corrected chi connectivity index (χ1v) is 9.37. The molecule has 0 bridgehead atoms. The number of carbonyl (C=O) groups is 2. The molecule has 2 rings (SSSR count). The highest BCUT2D eigenvalue weighted by Gasteiger charge is 2.22. The molecule has 0 aliphatic rings. The second-order valence-corrected chi connectivity index (χ2v) is 7.47. The lowest BCUT2D eigenvalue weighted by Gasteiger charge is -2.17. The maximum absolute atomic E-state index is 12.4. The van der Waals surface area contributed by atoms with Crippen LogP contribution in [-0.2, 0) is 19.6 Å². The molecule has 1 N–H and O–H groups in total. The van der Waals surface area contributed by atoms with Crippen LogP contribution in [0, 0.1) is 0 Å². The summed E-state index contributed by atoms with van der Waals surface area (Å²) in [7, 11) is -2.40. The number of hydrogen-bond donors (Lipinski definition) is 1. The zero-order valence-electron chi connectivity index (χ0n) is 14.5. The standard InChI is InChI=1S/C18H20N2O5S/c1-3-25-18(22)14-9-11-15(12-10-14)19-17(21)13-20(2)26(23,24)16-7-5-4-6-8-16/h4-12H,3,13H2,1-2H3,(H,19,21). The number of amides is 1. The number of benzene rings is 2. The van der Waals surface area contributed by atoms with Crippen LogP contribution in [0.15, 0.2) is 59.5 Å². The number of hydrogen-bond acceptors (Lipinski definition) is 5. The number of nitrogens with one attached hydrogen (secondary N) is 1. The molecule has 0 aromatic heterocycles. The molecule has 26 heavy (non-hydrogen) atoms. The summed E-state index contributed by atoms with van der Waals surface area (Å²) >= 11 is 0. The van der Waals surface area contributed by atoms with Gasteiger partial charge in [-0.05, 0) is 43.3 Å². The highest BCUT2D eigenvalue weighted by atomic mass is 32.2. The Morgan fingerprint density at radius 2 is 1.65 bits per heavy atom. The fourth-order valence-corrected chi connectivity index (χ4v) is 3.31. The molecule has 0 atom stereocenters. The highest BCUT2D eigenvalue weighted by Crippen LogP contribution is 2.14. The number of esters is 1. The molecule has 7 nitrogen and oxygen atoms in total. The first-order chi connectivity index (χ1) is 12.3. The van der Waals surface area contributed by atoms with E-state index in [1.54, 1.807) is 37.3 Å². The Bertz CT molecular complexity index is 864. The van der Waals surface area contributed by atoms with Gasteiger partial charge in [0.05, 0.1) is 23.6 Å². The quantitative estimate of drug-likeness (QED) is 0.747. The number of rotatable bonds is 7. The van der Waals surface area contributed by atoms with Gasteiger partial charge in [0, 0.05) is 12.7 Å². The predicted octanol–water partition coefficient (Wildman–Crippen LogP) is 2.12. The Labute approximate surface area is 152 Å². The van der Waals surface area contributed by atoms with Crippen molar-refractivity contribution in [1.82, 2.24) is 4.31 Å². The van der Waals surface area contributed by atoms with Crippen LogP contribution >= 0.6 is 0 Å². The summed E-state index contributed by atoms with van der Waals surface area (Å²) < 4.78 is 30.6. The maximum Gasteiger partial charge on any atom is 0.338 e. The Morgan fingerprint density at radius 3 is 2.23 bits per heavy atom. The van der Waals surface area contributed by atoms with E-state index in [-0.39, 0.29) is 18.0 Å². The van der Waals surface area contributed by atoms with Crippen LogP contribution in [0.4, 0.5) is 5.69 Å². The van der Waals surface area contributed by atoms with Gasteiger partial charge in [-0.25, -0.2) is 13.2 Å². The fourth-order valence-electron chi connectivity index (χ4n) is 2.16. The SMILES string of the molecule is CCOC(=O)c1ccc(NC(=O)CN(C)S(=O)(=O)c2ccccc2)cc1. The van der Waals surface area contributed by atoms with Crippen LogP contribution in [0.2, 0.25) is 0 Å². The van der Waals surface area contributed by atoms with Crippen LogP contribution in [0.1, 0.15) is 17.3 Å². The van der Waals surface area contributed by atoms with Crippen LogP contribution in [0.3, 0.4) is 0 Å². The third kappa shape index (κ3) is 4.90. The van der Waals surface area contributed by atoms with Crippen molar-refractivity contribution in [3.05, 3.63) is 60.2 Å². The van der Waals surface area contributed by atoms with Crippen molar-refractivity contribution in [2.75, 3.05) is 25.5 Å². The van der Waals surface area contributed by atoms with Gasteiger partial charge in [-0.15, -0.1) is 0 Å². The Morgan fingerprint density at radius 1 is 1.04 bits per heavy atom. The molecule has 0 aliphatic carbocycles. The largest absolute Gasteiger partial charge is 0.462 e. The minimum Gasteiger partial charge on any atom is -0.462 e. The molecule has 2 aromatic carbocycles. The van der Waals surface area contributed by atoms with E-state index < -0.39 is 21.9 Å². The van der Waals surface area contributed by atoms with E-state index in [1.807, 2.05) is 0 Å². The summed E-state index contributed by atoms with van der Waals surface area (Å²) in [5.74, 6) is -0.935. The molecule has 0 saturated carbocycles. The van der Waals surface area contributed by atoms with Crippen molar-refractivity contribution < 1.29 is 22.7 Å². The summed E-state index contributed by atoms with van der Waals surface area (Å²) in [5, 5.41) is 2.60. The number of anilines is 1. The zero-order valence-corrected chi connectivity index (χ0v) is 15.3. The predicted molar refractivity (Wildman–Crippen MR) is 97.3 cm³/mol. The van der Waals surface area contributed by atoms with Crippen molar-refractivity contribution in [2.24, 2.45) is 0 Å². The first-order valence-electron chi connectivity index (χ1n) is 7.93. The molecule has 0 aliphatic heterocycles. The molecular weight excluding hydrogens is 356 g/mol. The van der Waals surface area contributed by atoms with Gasteiger partial charge < -0.3 is 10.1 Å². The first kappa shape index (κ1) is 19.6.